The van der Waals surface area contributed by atoms with Crippen molar-refractivity contribution in [3.8, 4) is 5.75 Å². The molecule has 0 aliphatic heterocycles. The summed E-state index contributed by atoms with van der Waals surface area (Å²) in [6.45, 7) is 4.85. The highest BCUT2D eigenvalue weighted by Gasteiger charge is 2.07. The average Bonchev–Trinajstić information content (AvgIpc) is 2.78. The topological polar surface area (TPSA) is 48.4 Å². The van der Waals surface area contributed by atoms with Crippen molar-refractivity contribution >= 4 is 11.6 Å². The minimum Gasteiger partial charge on any atom is -0.486 e. The molecule has 0 saturated heterocycles. The fourth-order valence-corrected chi connectivity index (χ4v) is 2.18. The van der Waals surface area contributed by atoms with Gasteiger partial charge in [0.15, 0.2) is 0 Å². The second kappa shape index (κ2) is 6.13. The predicted octanol–water partition coefficient (Wildman–Crippen LogP) is 3.84. The Labute approximate surface area is 118 Å². The summed E-state index contributed by atoms with van der Waals surface area (Å²) < 4.78 is 11.3. The van der Waals surface area contributed by atoms with E-state index in [1.807, 2.05) is 31.2 Å². The molecule has 1 heterocycles. The monoisotopic (exact) mass is 279 g/mol. The summed E-state index contributed by atoms with van der Waals surface area (Å²) >= 11 is 6.07. The van der Waals surface area contributed by atoms with Gasteiger partial charge in [0, 0.05) is 17.1 Å². The number of hydrogen-bond donors (Lipinski definition) is 1. The molecule has 0 aliphatic rings. The lowest BCUT2D eigenvalue weighted by Gasteiger charge is -2.07. The molecule has 0 spiro atoms. The van der Waals surface area contributed by atoms with Crippen LogP contribution < -0.4 is 10.5 Å². The molecule has 2 rings (SSSR count). The zero-order valence-corrected chi connectivity index (χ0v) is 12.0. The van der Waals surface area contributed by atoms with Crippen LogP contribution in [-0.4, -0.2) is 0 Å². The van der Waals surface area contributed by atoms with E-state index in [0.29, 0.717) is 13.2 Å². The van der Waals surface area contributed by atoms with Crippen LogP contribution in [0.3, 0.4) is 0 Å². The Morgan fingerprint density at radius 1 is 1.26 bits per heavy atom. The maximum absolute atomic E-state index is 6.07. The summed E-state index contributed by atoms with van der Waals surface area (Å²) in [6, 6.07) is 7.61. The number of aryl methyl sites for hydroxylation is 2. The second-order valence-corrected chi connectivity index (χ2v) is 4.80. The van der Waals surface area contributed by atoms with Gasteiger partial charge in [-0.3, -0.25) is 0 Å². The summed E-state index contributed by atoms with van der Waals surface area (Å²) in [7, 11) is 0. The minimum absolute atomic E-state index is 0.394. The highest BCUT2D eigenvalue weighted by Crippen LogP contribution is 2.23. The first-order valence-electron chi connectivity index (χ1n) is 6.33. The average molecular weight is 280 g/mol. The third-order valence-corrected chi connectivity index (χ3v) is 3.44. The van der Waals surface area contributed by atoms with Crippen molar-refractivity contribution in [2.75, 3.05) is 0 Å². The third-order valence-electron chi connectivity index (χ3n) is 3.07. The fourth-order valence-electron chi connectivity index (χ4n) is 1.93. The molecule has 0 fully saturated rings. The van der Waals surface area contributed by atoms with Crippen molar-refractivity contribution in [3.05, 3.63) is 51.9 Å². The molecule has 0 unspecified atom stereocenters. The lowest BCUT2D eigenvalue weighted by atomic mass is 10.1. The molecule has 102 valence electrons. The minimum atomic E-state index is 0.394. The van der Waals surface area contributed by atoms with Crippen LogP contribution in [-0.2, 0) is 19.6 Å². The largest absolute Gasteiger partial charge is 0.486 e. The first-order valence-corrected chi connectivity index (χ1v) is 6.71. The molecular formula is C15H18ClNO2. The summed E-state index contributed by atoms with van der Waals surface area (Å²) in [5.74, 6) is 2.43. The van der Waals surface area contributed by atoms with E-state index < -0.39 is 0 Å². The van der Waals surface area contributed by atoms with Crippen molar-refractivity contribution in [2.45, 2.75) is 33.4 Å². The number of hydrogen-bond acceptors (Lipinski definition) is 3. The zero-order chi connectivity index (χ0) is 13.8. The van der Waals surface area contributed by atoms with Gasteiger partial charge >= 0.3 is 0 Å². The van der Waals surface area contributed by atoms with Gasteiger partial charge in [0.2, 0.25) is 0 Å². The molecule has 19 heavy (non-hydrogen) atoms. The summed E-state index contributed by atoms with van der Waals surface area (Å²) in [6.07, 6.45) is 0.882. The maximum atomic E-state index is 6.07. The first-order chi connectivity index (χ1) is 9.13. The van der Waals surface area contributed by atoms with E-state index in [1.54, 1.807) is 0 Å². The number of furan rings is 1. The molecule has 3 nitrogen and oxygen atoms in total. The Balaban J connectivity index is 2.05. The van der Waals surface area contributed by atoms with Gasteiger partial charge in [-0.2, -0.15) is 0 Å². The molecule has 0 radical (unpaired) electrons. The zero-order valence-electron chi connectivity index (χ0n) is 11.2. The highest BCUT2D eigenvalue weighted by atomic mass is 35.5. The van der Waals surface area contributed by atoms with Gasteiger partial charge in [-0.05, 0) is 43.2 Å². The molecule has 4 heteroatoms. The molecular weight excluding hydrogens is 262 g/mol. The van der Waals surface area contributed by atoms with Crippen molar-refractivity contribution in [3.63, 3.8) is 0 Å². The molecule has 0 aliphatic carbocycles. The van der Waals surface area contributed by atoms with E-state index in [4.69, 9.17) is 26.5 Å². The molecule has 1 aromatic heterocycles. The SMILES string of the molecule is CCc1cc(OCc2cc(CN)c(C)o2)ccc1Cl. The van der Waals surface area contributed by atoms with E-state index in [1.165, 1.54) is 0 Å². The van der Waals surface area contributed by atoms with Gasteiger partial charge in [-0.25, -0.2) is 0 Å². The van der Waals surface area contributed by atoms with Crippen molar-refractivity contribution in [1.82, 2.24) is 0 Å². The van der Waals surface area contributed by atoms with Crippen LogP contribution in [0.15, 0.2) is 28.7 Å². The van der Waals surface area contributed by atoms with Crippen LogP contribution in [0.2, 0.25) is 5.02 Å². The summed E-state index contributed by atoms with van der Waals surface area (Å²) in [5.41, 5.74) is 7.71. The van der Waals surface area contributed by atoms with Crippen LogP contribution in [0, 0.1) is 6.92 Å². The molecule has 0 amide bonds. The van der Waals surface area contributed by atoms with E-state index in [2.05, 4.69) is 6.92 Å². The molecule has 0 saturated carbocycles. The Morgan fingerprint density at radius 2 is 2.05 bits per heavy atom. The Morgan fingerprint density at radius 3 is 2.68 bits per heavy atom. The molecule has 1 aromatic carbocycles. The lowest BCUT2D eigenvalue weighted by molar-refractivity contribution is 0.267. The molecule has 2 N–H and O–H groups in total. The smallest absolute Gasteiger partial charge is 0.146 e. The van der Waals surface area contributed by atoms with Crippen LogP contribution in [0.5, 0.6) is 5.75 Å². The Kier molecular flexibility index (Phi) is 4.51. The quantitative estimate of drug-likeness (QED) is 0.904. The van der Waals surface area contributed by atoms with E-state index >= 15 is 0 Å². The van der Waals surface area contributed by atoms with E-state index in [-0.39, 0.29) is 0 Å². The van der Waals surface area contributed by atoms with Crippen LogP contribution in [0.25, 0.3) is 0 Å². The van der Waals surface area contributed by atoms with Crippen LogP contribution >= 0.6 is 11.6 Å². The standard InChI is InChI=1S/C15H18ClNO2/c1-3-11-6-13(4-5-15(11)16)18-9-14-7-12(8-17)10(2)19-14/h4-7H,3,8-9,17H2,1-2H3. The normalized spacial score (nSPS) is 10.7. The molecule has 0 bridgehead atoms. The van der Waals surface area contributed by atoms with Crippen molar-refractivity contribution < 1.29 is 9.15 Å². The fraction of sp³-hybridized carbons (Fsp3) is 0.333. The first kappa shape index (κ1) is 14.0. The van der Waals surface area contributed by atoms with Gasteiger partial charge in [0.25, 0.3) is 0 Å². The molecule has 0 atom stereocenters. The lowest BCUT2D eigenvalue weighted by Crippen LogP contribution is -1.96. The van der Waals surface area contributed by atoms with Crippen LogP contribution in [0.4, 0.5) is 0 Å². The van der Waals surface area contributed by atoms with E-state index in [0.717, 1.165) is 39.8 Å². The highest BCUT2D eigenvalue weighted by molar-refractivity contribution is 6.31. The Hall–Kier alpha value is -1.45. The summed E-state index contributed by atoms with van der Waals surface area (Å²) in [5, 5.41) is 0.772. The van der Waals surface area contributed by atoms with Crippen LogP contribution in [0.1, 0.15) is 29.6 Å². The molecule has 2 aromatic rings. The van der Waals surface area contributed by atoms with Gasteiger partial charge in [-0.1, -0.05) is 18.5 Å². The van der Waals surface area contributed by atoms with Gasteiger partial charge < -0.3 is 14.9 Å². The van der Waals surface area contributed by atoms with E-state index in [9.17, 15) is 0 Å². The Bertz CT molecular complexity index is 563. The van der Waals surface area contributed by atoms with Gasteiger partial charge in [0.1, 0.15) is 23.9 Å². The summed E-state index contributed by atoms with van der Waals surface area (Å²) in [4.78, 5) is 0. The second-order valence-electron chi connectivity index (χ2n) is 4.39. The predicted molar refractivity (Wildman–Crippen MR) is 76.5 cm³/mol. The van der Waals surface area contributed by atoms with Gasteiger partial charge in [-0.15, -0.1) is 0 Å². The number of benzene rings is 1. The number of nitrogens with two attached hydrogens (primary N) is 1. The number of halogens is 1. The maximum Gasteiger partial charge on any atom is 0.146 e. The number of rotatable bonds is 5. The number of ether oxygens (including phenoxy) is 1. The van der Waals surface area contributed by atoms with Crippen molar-refractivity contribution in [1.29, 1.82) is 0 Å². The third kappa shape index (κ3) is 3.31. The van der Waals surface area contributed by atoms with Crippen molar-refractivity contribution in [2.24, 2.45) is 5.73 Å². The van der Waals surface area contributed by atoms with Gasteiger partial charge in [0.05, 0.1) is 0 Å².